The number of hydrogen-bond donors (Lipinski definition) is 4. The number of hydrazine groups is 1. The molecule has 0 radical (unpaired) electrons. The van der Waals surface area contributed by atoms with E-state index in [-0.39, 0.29) is 11.5 Å². The van der Waals surface area contributed by atoms with Gasteiger partial charge in [-0.25, -0.2) is 10.9 Å². The molecule has 3 rings (SSSR count). The van der Waals surface area contributed by atoms with Crippen molar-refractivity contribution in [3.63, 3.8) is 0 Å². The lowest BCUT2D eigenvalue weighted by Gasteiger charge is -2.18. The van der Waals surface area contributed by atoms with Gasteiger partial charge in [0.1, 0.15) is 0 Å². The zero-order chi connectivity index (χ0) is 22.9. The van der Waals surface area contributed by atoms with E-state index in [1.807, 2.05) is 12.1 Å². The zero-order valence-electron chi connectivity index (χ0n) is 18.5. The molecule has 0 fully saturated rings. The lowest BCUT2D eigenvalue weighted by Crippen LogP contribution is -2.36. The fourth-order valence-electron chi connectivity index (χ4n) is 3.71. The smallest absolute Gasteiger partial charge is 0.274 e. The van der Waals surface area contributed by atoms with Gasteiger partial charge in [0.25, 0.3) is 11.8 Å². The molecule has 2 amide bonds. The van der Waals surface area contributed by atoms with Crippen molar-refractivity contribution in [1.29, 1.82) is 0 Å². The van der Waals surface area contributed by atoms with Crippen LogP contribution >= 0.6 is 0 Å². The van der Waals surface area contributed by atoms with Crippen molar-refractivity contribution >= 4 is 22.6 Å². The number of benzene rings is 3. The maximum atomic E-state index is 12.4. The Morgan fingerprint density at radius 1 is 0.906 bits per heavy atom. The highest BCUT2D eigenvalue weighted by Crippen LogP contribution is 2.22. The molecule has 3 aromatic rings. The number of carbonyl (C=O) groups is 2. The van der Waals surface area contributed by atoms with Crippen LogP contribution in [0.2, 0.25) is 0 Å². The standard InChI is InChI=1S/C25H30N4O3/c1-3-29(4-2)14-13-18-15-21-7-5-6-8-23(21)22(16-18)17-26-27-24(30)19-9-11-20(12-10-19)25(31)28-32/h5-12,15-16,26,32H,3-4,13-14,17H2,1-2H3,(H,27,30)(H,28,31). The summed E-state index contributed by atoms with van der Waals surface area (Å²) in [6, 6.07) is 18.7. The second-order valence-electron chi connectivity index (χ2n) is 7.58. The largest absolute Gasteiger partial charge is 0.304 e. The fourth-order valence-corrected chi connectivity index (χ4v) is 3.71. The summed E-state index contributed by atoms with van der Waals surface area (Å²) < 4.78 is 0. The van der Waals surface area contributed by atoms with Crippen LogP contribution in [-0.2, 0) is 13.0 Å². The van der Waals surface area contributed by atoms with Gasteiger partial charge in [-0.05, 0) is 65.7 Å². The van der Waals surface area contributed by atoms with Gasteiger partial charge in [-0.3, -0.25) is 20.2 Å². The third kappa shape index (κ3) is 5.91. The molecule has 3 aromatic carbocycles. The molecule has 0 bridgehead atoms. The maximum Gasteiger partial charge on any atom is 0.274 e. The topological polar surface area (TPSA) is 93.7 Å². The normalized spacial score (nSPS) is 11.0. The van der Waals surface area contributed by atoms with Gasteiger partial charge in [0.2, 0.25) is 0 Å². The van der Waals surface area contributed by atoms with Crippen molar-refractivity contribution in [3.8, 4) is 0 Å². The summed E-state index contributed by atoms with van der Waals surface area (Å²) in [5.74, 6) is -0.925. The average molecular weight is 435 g/mol. The van der Waals surface area contributed by atoms with Crippen molar-refractivity contribution in [2.45, 2.75) is 26.8 Å². The van der Waals surface area contributed by atoms with E-state index in [1.54, 1.807) is 5.48 Å². The molecule has 0 heterocycles. The van der Waals surface area contributed by atoms with E-state index in [0.717, 1.165) is 37.0 Å². The Morgan fingerprint density at radius 2 is 1.56 bits per heavy atom. The van der Waals surface area contributed by atoms with Gasteiger partial charge in [-0.1, -0.05) is 50.2 Å². The number of likely N-dealkylation sites (N-methyl/N-ethyl adjacent to an activating group) is 1. The molecule has 7 nitrogen and oxygen atoms in total. The van der Waals surface area contributed by atoms with E-state index in [9.17, 15) is 9.59 Å². The van der Waals surface area contributed by atoms with E-state index in [0.29, 0.717) is 12.1 Å². The average Bonchev–Trinajstić information content (AvgIpc) is 2.84. The predicted octanol–water partition coefficient (Wildman–Crippen LogP) is 3.28. The number of carbonyl (C=O) groups excluding carboxylic acids is 2. The van der Waals surface area contributed by atoms with Crippen LogP contribution in [0.4, 0.5) is 0 Å². The first-order valence-electron chi connectivity index (χ1n) is 10.9. The molecule has 0 aromatic heterocycles. The second kappa shape index (κ2) is 11.4. The number of nitrogens with one attached hydrogen (secondary N) is 3. The van der Waals surface area contributed by atoms with Crippen LogP contribution < -0.4 is 16.3 Å². The highest BCUT2D eigenvalue weighted by atomic mass is 16.5. The zero-order valence-corrected chi connectivity index (χ0v) is 18.5. The summed E-state index contributed by atoms with van der Waals surface area (Å²) in [6.45, 7) is 7.93. The maximum absolute atomic E-state index is 12.4. The molecule has 0 saturated carbocycles. The summed E-state index contributed by atoms with van der Waals surface area (Å²) in [5, 5.41) is 11.0. The van der Waals surface area contributed by atoms with Crippen molar-refractivity contribution in [2.75, 3.05) is 19.6 Å². The summed E-state index contributed by atoms with van der Waals surface area (Å²) >= 11 is 0. The number of nitrogens with zero attached hydrogens (tertiary/aromatic N) is 1. The molecule has 0 aliphatic rings. The Kier molecular flexibility index (Phi) is 8.33. The number of rotatable bonds is 10. The van der Waals surface area contributed by atoms with Crippen LogP contribution in [0.15, 0.2) is 60.7 Å². The van der Waals surface area contributed by atoms with Crippen molar-refractivity contribution < 1.29 is 14.8 Å². The lowest BCUT2D eigenvalue weighted by atomic mass is 9.99. The van der Waals surface area contributed by atoms with Gasteiger partial charge in [0.05, 0.1) is 0 Å². The number of fused-ring (bicyclic) bond motifs is 1. The first-order valence-corrected chi connectivity index (χ1v) is 10.9. The Labute approximate surface area is 188 Å². The van der Waals surface area contributed by atoms with Crippen molar-refractivity contribution in [3.05, 3.63) is 82.9 Å². The van der Waals surface area contributed by atoms with E-state index in [2.05, 4.69) is 53.9 Å². The molecular formula is C25H30N4O3. The molecule has 0 aliphatic heterocycles. The Morgan fingerprint density at radius 3 is 2.22 bits per heavy atom. The third-order valence-electron chi connectivity index (χ3n) is 5.61. The third-order valence-corrected chi connectivity index (χ3v) is 5.61. The lowest BCUT2D eigenvalue weighted by molar-refractivity contribution is 0.0706. The van der Waals surface area contributed by atoms with Crippen LogP contribution in [-0.4, -0.2) is 41.6 Å². The van der Waals surface area contributed by atoms with Gasteiger partial charge in [0, 0.05) is 24.2 Å². The molecule has 0 spiro atoms. The minimum absolute atomic E-state index is 0.269. The fraction of sp³-hybridized carbons (Fsp3) is 0.280. The summed E-state index contributed by atoms with van der Waals surface area (Å²) in [7, 11) is 0. The van der Waals surface area contributed by atoms with Gasteiger partial charge in [-0.15, -0.1) is 0 Å². The molecule has 0 unspecified atom stereocenters. The minimum Gasteiger partial charge on any atom is -0.304 e. The molecule has 168 valence electrons. The molecule has 7 heteroatoms. The van der Waals surface area contributed by atoms with Gasteiger partial charge in [-0.2, -0.15) is 0 Å². The molecule has 0 aliphatic carbocycles. The van der Waals surface area contributed by atoms with E-state index in [4.69, 9.17) is 5.21 Å². The quantitative estimate of drug-likeness (QED) is 0.290. The molecule has 32 heavy (non-hydrogen) atoms. The summed E-state index contributed by atoms with van der Waals surface area (Å²) in [5.41, 5.74) is 10.4. The Bertz CT molecular complexity index is 1060. The molecule has 0 saturated heterocycles. The molecule has 4 N–H and O–H groups in total. The number of amides is 2. The number of hydroxylamine groups is 1. The van der Waals surface area contributed by atoms with E-state index < -0.39 is 5.91 Å². The van der Waals surface area contributed by atoms with Crippen LogP contribution in [0.1, 0.15) is 45.7 Å². The van der Waals surface area contributed by atoms with Crippen molar-refractivity contribution in [1.82, 2.24) is 21.2 Å². The van der Waals surface area contributed by atoms with Gasteiger partial charge >= 0.3 is 0 Å². The second-order valence-corrected chi connectivity index (χ2v) is 7.58. The first kappa shape index (κ1) is 23.4. The van der Waals surface area contributed by atoms with Crippen molar-refractivity contribution in [2.24, 2.45) is 0 Å². The Hall–Kier alpha value is -3.26. The SMILES string of the molecule is CCN(CC)CCc1cc(CNNC(=O)c2ccc(C(=O)NO)cc2)c2ccccc2c1. The van der Waals surface area contributed by atoms with Crippen LogP contribution in [0.3, 0.4) is 0 Å². The highest BCUT2D eigenvalue weighted by molar-refractivity contribution is 5.97. The summed E-state index contributed by atoms with van der Waals surface area (Å²) in [6.07, 6.45) is 0.972. The minimum atomic E-state index is -0.622. The van der Waals surface area contributed by atoms with E-state index >= 15 is 0 Å². The van der Waals surface area contributed by atoms with Crippen LogP contribution in [0.25, 0.3) is 10.8 Å². The Balaban J connectivity index is 1.67. The predicted molar refractivity (Wildman–Crippen MR) is 125 cm³/mol. The highest BCUT2D eigenvalue weighted by Gasteiger charge is 2.10. The summed E-state index contributed by atoms with van der Waals surface area (Å²) in [4.78, 5) is 26.2. The molecule has 0 atom stereocenters. The number of hydrogen-bond acceptors (Lipinski definition) is 5. The van der Waals surface area contributed by atoms with Gasteiger partial charge < -0.3 is 4.90 Å². The first-order chi connectivity index (χ1) is 15.5. The molecular weight excluding hydrogens is 404 g/mol. The van der Waals surface area contributed by atoms with E-state index in [1.165, 1.54) is 35.2 Å². The van der Waals surface area contributed by atoms with Crippen LogP contribution in [0.5, 0.6) is 0 Å². The van der Waals surface area contributed by atoms with Crippen LogP contribution in [0, 0.1) is 0 Å². The monoisotopic (exact) mass is 434 g/mol. The van der Waals surface area contributed by atoms with Gasteiger partial charge in [0.15, 0.2) is 0 Å².